The van der Waals surface area contributed by atoms with Gasteiger partial charge in [-0.15, -0.1) is 23.1 Å². The zero-order valence-corrected chi connectivity index (χ0v) is 46.1. The number of hydrogen-bond donors (Lipinski definition) is 2. The van der Waals surface area contributed by atoms with E-state index in [1.165, 1.54) is 34.9 Å². The second kappa shape index (κ2) is 24.8. The van der Waals surface area contributed by atoms with Crippen molar-refractivity contribution in [2.75, 3.05) is 17.7 Å². The molecule has 2 aliphatic rings. The van der Waals surface area contributed by atoms with Crippen LogP contribution in [0, 0.1) is 0 Å². The molecule has 2 N–H and O–H groups in total. The highest BCUT2D eigenvalue weighted by atomic mass is 32.2. The Bertz CT molecular complexity index is 3530. The van der Waals surface area contributed by atoms with Gasteiger partial charge in [-0.3, -0.25) is 19.3 Å². The Balaban J connectivity index is 0.988. The van der Waals surface area contributed by atoms with Gasteiger partial charge in [0, 0.05) is 34.7 Å². The number of hydrogen-bond acceptors (Lipinski definition) is 12. The van der Waals surface area contributed by atoms with Crippen LogP contribution in [0.4, 0.5) is 5.13 Å². The van der Waals surface area contributed by atoms with E-state index < -0.39 is 52.4 Å². The number of benzene rings is 8. The van der Waals surface area contributed by atoms with Gasteiger partial charge in [-0.1, -0.05) is 254 Å². The van der Waals surface area contributed by atoms with Crippen molar-refractivity contribution in [2.45, 2.75) is 35.6 Å². The number of carbonyl (C=O) groups is 4. The van der Waals surface area contributed by atoms with E-state index in [9.17, 15) is 14.4 Å². The number of β-lactam (4-membered cyclic amide) rings is 1. The van der Waals surface area contributed by atoms with E-state index in [1.54, 1.807) is 17.5 Å². The summed E-state index contributed by atoms with van der Waals surface area (Å²) in [6.45, 7) is 1.26. The van der Waals surface area contributed by atoms with Crippen molar-refractivity contribution in [3.63, 3.8) is 0 Å². The Morgan fingerprint density at radius 2 is 1.09 bits per heavy atom. The molecule has 0 aliphatic carbocycles. The average molecular weight is 1120 g/mol. The second-order valence-electron chi connectivity index (χ2n) is 19.4. The number of carbonyl (C=O) groups excluding carboxylic acids is 4. The highest BCUT2D eigenvalue weighted by Gasteiger charge is 2.55. The van der Waals surface area contributed by atoms with E-state index in [0.29, 0.717) is 10.7 Å². The van der Waals surface area contributed by atoms with Gasteiger partial charge in [-0.2, -0.15) is 0 Å². The van der Waals surface area contributed by atoms with Crippen molar-refractivity contribution < 1.29 is 33.5 Å². The van der Waals surface area contributed by atoms with E-state index in [2.05, 4.69) is 47.0 Å². The van der Waals surface area contributed by atoms with E-state index in [4.69, 9.17) is 24.5 Å². The van der Waals surface area contributed by atoms with Gasteiger partial charge in [-0.05, 0) is 39.5 Å². The average Bonchev–Trinajstić information content (AvgIpc) is 4.14. The fraction of sp³-hybridized carbons (Fsp3) is 0.118. The summed E-state index contributed by atoms with van der Waals surface area (Å²) < 4.78 is 11.6. The van der Waals surface area contributed by atoms with Crippen molar-refractivity contribution in [2.24, 2.45) is 5.16 Å². The molecule has 0 radical (unpaired) electrons. The SMILES string of the molecule is CC(=O)OC/C=C/C1=C(C(=O)OC(c2ccccc2)c2ccccc2)N2C(=O)C(NC(=O)/C(=N/OC(c3ccccc3)(c3ccccc3)c3ccccc3)c3csc(NC(c4ccccc4)(c4ccccc4)c4ccccc4)n3)[C@H]2SC1. The number of fused-ring (bicyclic) bond motifs is 1. The molecule has 1 fully saturated rings. The predicted octanol–water partition coefficient (Wildman–Crippen LogP) is 12.4. The van der Waals surface area contributed by atoms with Crippen LogP contribution in [-0.4, -0.2) is 63.1 Å². The summed E-state index contributed by atoms with van der Waals surface area (Å²) >= 11 is 2.66. The largest absolute Gasteiger partial charge is 0.462 e. The Labute approximate surface area is 483 Å². The summed E-state index contributed by atoms with van der Waals surface area (Å²) in [6.07, 6.45) is 2.46. The first-order chi connectivity index (χ1) is 40.2. The van der Waals surface area contributed by atoms with Gasteiger partial charge in [0.25, 0.3) is 11.8 Å². The number of esters is 2. The summed E-state index contributed by atoms with van der Waals surface area (Å²) in [6, 6.07) is 77.0. The number of thioether (sulfide) groups is 1. The minimum atomic E-state index is -1.39. The van der Waals surface area contributed by atoms with Crippen molar-refractivity contribution in [1.82, 2.24) is 15.2 Å². The molecule has 2 aliphatic heterocycles. The van der Waals surface area contributed by atoms with Crippen LogP contribution in [0.15, 0.2) is 277 Å². The molecule has 9 aromatic rings. The van der Waals surface area contributed by atoms with Crippen LogP contribution in [0.5, 0.6) is 0 Å². The van der Waals surface area contributed by atoms with E-state index in [-0.39, 0.29) is 29.5 Å². The lowest BCUT2D eigenvalue weighted by atomic mass is 9.77. The molecule has 3 heterocycles. The first-order valence-corrected chi connectivity index (χ1v) is 28.6. The zero-order valence-electron chi connectivity index (χ0n) is 44.5. The monoisotopic (exact) mass is 1120 g/mol. The molecule has 0 bridgehead atoms. The van der Waals surface area contributed by atoms with E-state index >= 15 is 4.79 Å². The van der Waals surface area contributed by atoms with Crippen LogP contribution in [0.1, 0.15) is 63.2 Å². The Hall–Kier alpha value is -9.63. The standard InChI is InChI=1S/C68H55N5O7S2/c1-47(74)78-44-26-31-50-45-81-64-59(63(76)73(64)60(50)65(77)79-61(48-27-10-2-11-28-48)49-29-12-3-13-30-49)70-62(75)58(72-80-68(54-38-20-7-21-39-54,55-40-22-8-23-41-55)56-42-24-9-25-43-56)57-46-82-66(69-57)71-67(51-32-14-4-15-33-51,52-34-16-5-17-35-52)53-36-18-6-19-37-53/h2-43,46,59,61,64H,44-45H2,1H3,(H,69,71)(H,70,75)/b31-26+,72-58+/t59?,64-/m1/s1. The molecule has 0 spiro atoms. The smallest absolute Gasteiger partial charge is 0.356 e. The molecule has 82 heavy (non-hydrogen) atoms. The summed E-state index contributed by atoms with van der Waals surface area (Å²) in [5.74, 6) is -2.26. The number of aromatic nitrogens is 1. The van der Waals surface area contributed by atoms with Crippen LogP contribution < -0.4 is 10.6 Å². The van der Waals surface area contributed by atoms with Gasteiger partial charge >= 0.3 is 11.9 Å². The first kappa shape index (κ1) is 54.3. The number of rotatable bonds is 20. The number of ether oxygens (including phenoxy) is 2. The molecule has 1 aromatic heterocycles. The summed E-state index contributed by atoms with van der Waals surface area (Å²) in [5.41, 5.74) is 4.64. The molecular formula is C68H55N5O7S2. The lowest BCUT2D eigenvalue weighted by Crippen LogP contribution is -2.71. The van der Waals surface area contributed by atoms with Crippen LogP contribution in [0.2, 0.25) is 0 Å². The maximum atomic E-state index is 15.5. The van der Waals surface area contributed by atoms with Crippen molar-refractivity contribution >= 4 is 57.7 Å². The minimum Gasteiger partial charge on any atom is -0.462 e. The maximum Gasteiger partial charge on any atom is 0.356 e. The summed E-state index contributed by atoms with van der Waals surface area (Å²) in [5, 5.41) is 13.2. The van der Waals surface area contributed by atoms with Crippen LogP contribution in [0.25, 0.3) is 0 Å². The number of oxime groups is 1. The Morgan fingerprint density at radius 1 is 0.646 bits per heavy atom. The number of nitrogens with one attached hydrogen (secondary N) is 2. The third-order valence-corrected chi connectivity index (χ3v) is 16.4. The van der Waals surface area contributed by atoms with Gasteiger partial charge in [0.1, 0.15) is 35.0 Å². The van der Waals surface area contributed by atoms with Gasteiger partial charge in [0.2, 0.25) is 5.60 Å². The molecule has 0 saturated carbocycles. The zero-order chi connectivity index (χ0) is 56.3. The third-order valence-electron chi connectivity index (χ3n) is 14.3. The maximum absolute atomic E-state index is 15.5. The fourth-order valence-corrected chi connectivity index (χ4v) is 12.5. The predicted molar refractivity (Wildman–Crippen MR) is 320 cm³/mol. The molecule has 14 heteroatoms. The molecule has 11 rings (SSSR count). The fourth-order valence-electron chi connectivity index (χ4n) is 10.4. The van der Waals surface area contributed by atoms with E-state index in [0.717, 1.165) is 44.5 Å². The Morgan fingerprint density at radius 3 is 1.54 bits per heavy atom. The van der Waals surface area contributed by atoms with Crippen molar-refractivity contribution in [3.8, 4) is 0 Å². The molecule has 2 amide bonds. The quantitative estimate of drug-likeness (QED) is 0.0248. The van der Waals surface area contributed by atoms with E-state index in [1.807, 2.05) is 206 Å². The third kappa shape index (κ3) is 11.1. The molecular weight excluding hydrogens is 1060 g/mol. The molecule has 1 saturated heterocycles. The highest BCUT2D eigenvalue weighted by Crippen LogP contribution is 2.45. The van der Waals surface area contributed by atoms with Crippen molar-refractivity contribution in [3.05, 3.63) is 322 Å². The number of thiazole rings is 1. The summed E-state index contributed by atoms with van der Waals surface area (Å²) in [4.78, 5) is 70.5. The minimum absolute atomic E-state index is 0.0136. The summed E-state index contributed by atoms with van der Waals surface area (Å²) in [7, 11) is 0. The molecule has 1 unspecified atom stereocenters. The van der Waals surface area contributed by atoms with Gasteiger partial charge < -0.3 is 24.9 Å². The van der Waals surface area contributed by atoms with Crippen LogP contribution in [-0.2, 0) is 44.6 Å². The number of allylic oxidation sites excluding steroid dienone is 1. The van der Waals surface area contributed by atoms with Gasteiger partial charge in [0.15, 0.2) is 16.9 Å². The number of nitrogens with zero attached hydrogens (tertiary/aromatic N) is 3. The highest BCUT2D eigenvalue weighted by molar-refractivity contribution is 8.00. The van der Waals surface area contributed by atoms with Crippen molar-refractivity contribution in [1.29, 1.82) is 0 Å². The normalized spacial score (nSPS) is 15.3. The van der Waals surface area contributed by atoms with Gasteiger partial charge in [-0.25, -0.2) is 9.78 Å². The van der Waals surface area contributed by atoms with Crippen LogP contribution in [0.3, 0.4) is 0 Å². The molecule has 2 atom stereocenters. The first-order valence-electron chi connectivity index (χ1n) is 26.7. The molecule has 8 aromatic carbocycles. The Kier molecular flexibility index (Phi) is 16.4. The lowest BCUT2D eigenvalue weighted by Gasteiger charge is -2.49. The second-order valence-corrected chi connectivity index (χ2v) is 21.3. The molecule has 406 valence electrons. The lowest BCUT2D eigenvalue weighted by molar-refractivity contribution is -0.154. The molecule has 12 nitrogen and oxygen atoms in total. The topological polar surface area (TPSA) is 149 Å². The van der Waals surface area contributed by atoms with Crippen LogP contribution >= 0.6 is 23.1 Å². The number of amides is 2. The number of anilines is 1. The van der Waals surface area contributed by atoms with Gasteiger partial charge in [0.05, 0.1) is 0 Å².